The van der Waals surface area contributed by atoms with Crippen molar-refractivity contribution in [3.8, 4) is 0 Å². The monoisotopic (exact) mass is 236 g/mol. The van der Waals surface area contributed by atoms with Gasteiger partial charge in [-0.05, 0) is 0 Å². The van der Waals surface area contributed by atoms with Crippen LogP contribution in [0.25, 0.3) is 0 Å². The maximum Gasteiger partial charge on any atom is 0.303 e. The van der Waals surface area contributed by atoms with E-state index in [-0.39, 0.29) is 19.4 Å². The summed E-state index contributed by atoms with van der Waals surface area (Å²) in [6, 6.07) is 0. The first-order valence-electron chi connectivity index (χ1n) is 4.43. The van der Waals surface area contributed by atoms with E-state index in [0.29, 0.717) is 13.2 Å². The van der Waals surface area contributed by atoms with Crippen LogP contribution in [0.3, 0.4) is 0 Å². The summed E-state index contributed by atoms with van der Waals surface area (Å²) in [4.78, 5) is 23.0. The number of carbonyl (C=O) groups is 2. The Bertz CT molecular complexity index is 188. The topological polar surface area (TPSA) is 113 Å². The van der Waals surface area contributed by atoms with Crippen LogP contribution in [0.15, 0.2) is 12.7 Å². The van der Waals surface area contributed by atoms with Crippen molar-refractivity contribution in [2.24, 2.45) is 0 Å². The van der Waals surface area contributed by atoms with Gasteiger partial charge in [-0.2, -0.15) is 0 Å². The number of rotatable bonds is 8. The molecule has 0 amide bonds. The second-order valence-electron chi connectivity index (χ2n) is 2.48. The lowest BCUT2D eigenvalue weighted by Crippen LogP contribution is -2.01. The van der Waals surface area contributed by atoms with Gasteiger partial charge in [-0.15, -0.1) is 6.58 Å². The lowest BCUT2D eigenvalue weighted by atomic mass is 10.3. The molecule has 0 unspecified atom stereocenters. The van der Waals surface area contributed by atoms with Gasteiger partial charge in [0, 0.05) is 0 Å². The summed E-state index contributed by atoms with van der Waals surface area (Å²) in [6.45, 7) is 4.55. The predicted molar refractivity (Wildman–Crippen MR) is 54.1 cm³/mol. The number of aliphatic carboxylic acids is 2. The molecule has 16 heavy (non-hydrogen) atoms. The summed E-state index contributed by atoms with van der Waals surface area (Å²) < 4.78 is 4.82. The maximum absolute atomic E-state index is 9.64. The normalized spacial score (nSPS) is 8.81. The van der Waals surface area contributed by atoms with E-state index in [1.807, 2.05) is 0 Å². The van der Waals surface area contributed by atoms with Crippen LogP contribution in [-0.4, -0.2) is 47.2 Å². The van der Waals surface area contributed by atoms with E-state index in [1.54, 1.807) is 6.08 Å². The van der Waals surface area contributed by atoms with Crippen LogP contribution in [0, 0.1) is 0 Å². The molecular weight excluding hydrogens is 220 g/mol. The average Bonchev–Trinajstić information content (AvgIpc) is 2.23. The molecule has 0 aliphatic rings. The highest BCUT2D eigenvalue weighted by Gasteiger charge is 2.00. The molecule has 0 fully saturated rings. The largest absolute Gasteiger partial charge is 0.481 e. The zero-order valence-electron chi connectivity index (χ0n) is 8.79. The van der Waals surface area contributed by atoms with E-state index in [0.717, 1.165) is 0 Å². The second-order valence-corrected chi connectivity index (χ2v) is 2.48. The molecule has 7 heteroatoms. The van der Waals surface area contributed by atoms with Crippen LogP contribution in [0.2, 0.25) is 0 Å². The Hall–Kier alpha value is -1.44. The number of hydrogen-bond donors (Lipinski definition) is 3. The Labute approximate surface area is 92.8 Å². The summed E-state index contributed by atoms with van der Waals surface area (Å²) in [6.07, 6.45) is 1.04. The van der Waals surface area contributed by atoms with Gasteiger partial charge >= 0.3 is 11.9 Å². The molecule has 0 radical (unpaired) electrons. The number of carboxylic acids is 2. The van der Waals surface area contributed by atoms with E-state index < -0.39 is 11.9 Å². The molecule has 0 rings (SSSR count). The molecule has 0 aromatic carbocycles. The van der Waals surface area contributed by atoms with Crippen molar-refractivity contribution in [1.82, 2.24) is 0 Å². The van der Waals surface area contributed by atoms with Crippen LogP contribution in [0.1, 0.15) is 12.8 Å². The van der Waals surface area contributed by atoms with Crippen molar-refractivity contribution in [3.63, 3.8) is 0 Å². The first-order chi connectivity index (χ1) is 7.54. The SMILES string of the molecule is C=CCOCCOO.O=C(O)CCC(=O)O. The summed E-state index contributed by atoms with van der Waals surface area (Å²) in [5, 5.41) is 23.6. The van der Waals surface area contributed by atoms with Gasteiger partial charge in [-0.3, -0.25) is 14.8 Å². The zero-order chi connectivity index (χ0) is 12.8. The third kappa shape index (κ3) is 22.9. The molecule has 0 saturated carbocycles. The van der Waals surface area contributed by atoms with E-state index in [2.05, 4.69) is 11.5 Å². The Balaban J connectivity index is 0. The van der Waals surface area contributed by atoms with Gasteiger partial charge in [0.15, 0.2) is 0 Å². The standard InChI is InChI=1S/C5H10O3.C4H6O4/c1-2-3-7-4-5-8-6;5-3(6)1-2-4(7)8/h2,6H,1,3-5H2;1-2H2,(H,5,6)(H,7,8). The van der Waals surface area contributed by atoms with Crippen molar-refractivity contribution in [3.05, 3.63) is 12.7 Å². The van der Waals surface area contributed by atoms with Crippen molar-refractivity contribution < 1.29 is 34.7 Å². The third-order valence-electron chi connectivity index (χ3n) is 1.11. The second kappa shape index (κ2) is 13.6. The van der Waals surface area contributed by atoms with E-state index >= 15 is 0 Å². The molecule has 0 heterocycles. The Kier molecular flexibility index (Phi) is 14.4. The van der Waals surface area contributed by atoms with Crippen LogP contribution in [0.4, 0.5) is 0 Å². The molecule has 0 spiro atoms. The van der Waals surface area contributed by atoms with Gasteiger partial charge < -0.3 is 14.9 Å². The predicted octanol–water partition coefficient (Wildman–Crippen LogP) is 0.614. The van der Waals surface area contributed by atoms with Gasteiger partial charge in [-0.25, -0.2) is 4.89 Å². The molecular formula is C9H16O7. The lowest BCUT2D eigenvalue weighted by Gasteiger charge is -1.95. The minimum Gasteiger partial charge on any atom is -0.481 e. The van der Waals surface area contributed by atoms with E-state index in [4.69, 9.17) is 20.2 Å². The fourth-order valence-corrected chi connectivity index (χ4v) is 0.477. The van der Waals surface area contributed by atoms with Crippen molar-refractivity contribution in [2.75, 3.05) is 19.8 Å². The number of ether oxygens (including phenoxy) is 1. The average molecular weight is 236 g/mol. The van der Waals surface area contributed by atoms with Gasteiger partial charge in [0.05, 0.1) is 26.1 Å². The molecule has 94 valence electrons. The molecule has 0 aliphatic carbocycles. The fraction of sp³-hybridized carbons (Fsp3) is 0.556. The van der Waals surface area contributed by atoms with Crippen molar-refractivity contribution >= 4 is 11.9 Å². The summed E-state index contributed by atoms with van der Waals surface area (Å²) >= 11 is 0. The summed E-state index contributed by atoms with van der Waals surface area (Å²) in [7, 11) is 0. The third-order valence-corrected chi connectivity index (χ3v) is 1.11. The molecule has 0 bridgehead atoms. The van der Waals surface area contributed by atoms with Crippen molar-refractivity contribution in [2.45, 2.75) is 12.8 Å². The van der Waals surface area contributed by atoms with Gasteiger partial charge in [0.1, 0.15) is 6.61 Å². The van der Waals surface area contributed by atoms with Crippen molar-refractivity contribution in [1.29, 1.82) is 0 Å². The van der Waals surface area contributed by atoms with Crippen LogP contribution < -0.4 is 0 Å². The molecule has 3 N–H and O–H groups in total. The number of carboxylic acid groups (broad SMARTS) is 2. The van der Waals surface area contributed by atoms with E-state index in [1.165, 1.54) is 0 Å². The highest BCUT2D eigenvalue weighted by molar-refractivity contribution is 5.75. The highest BCUT2D eigenvalue weighted by Crippen LogP contribution is 1.86. The first kappa shape index (κ1) is 17.0. The summed E-state index contributed by atoms with van der Waals surface area (Å²) in [5.41, 5.74) is 0. The fourth-order valence-electron chi connectivity index (χ4n) is 0.477. The van der Waals surface area contributed by atoms with Gasteiger partial charge in [-0.1, -0.05) is 6.08 Å². The minimum absolute atomic E-state index is 0.216. The molecule has 0 atom stereocenters. The number of hydrogen-bond acceptors (Lipinski definition) is 5. The highest BCUT2D eigenvalue weighted by atomic mass is 17.1. The quantitative estimate of drug-likeness (QED) is 0.245. The Morgan fingerprint density at radius 3 is 1.94 bits per heavy atom. The molecule has 0 aliphatic heterocycles. The smallest absolute Gasteiger partial charge is 0.303 e. The van der Waals surface area contributed by atoms with Crippen LogP contribution >= 0.6 is 0 Å². The Morgan fingerprint density at radius 1 is 1.12 bits per heavy atom. The molecule has 0 aromatic rings. The molecule has 0 aromatic heterocycles. The minimum atomic E-state index is -1.08. The van der Waals surface area contributed by atoms with Crippen LogP contribution in [-0.2, 0) is 19.2 Å². The Morgan fingerprint density at radius 2 is 1.62 bits per heavy atom. The lowest BCUT2D eigenvalue weighted by molar-refractivity contribution is -0.248. The maximum atomic E-state index is 9.64. The molecule has 7 nitrogen and oxygen atoms in total. The first-order valence-corrected chi connectivity index (χ1v) is 4.43. The van der Waals surface area contributed by atoms with Crippen LogP contribution in [0.5, 0.6) is 0 Å². The zero-order valence-corrected chi connectivity index (χ0v) is 8.79. The summed E-state index contributed by atoms with van der Waals surface area (Å²) in [5.74, 6) is -2.15. The van der Waals surface area contributed by atoms with E-state index in [9.17, 15) is 9.59 Å². The van der Waals surface area contributed by atoms with Gasteiger partial charge in [0.25, 0.3) is 0 Å². The van der Waals surface area contributed by atoms with Gasteiger partial charge in [0.2, 0.25) is 0 Å². The molecule has 0 saturated heterocycles.